The zero-order chi connectivity index (χ0) is 27.8. The molecule has 2 heteroatoms. The third-order valence-corrected chi connectivity index (χ3v) is 7.59. The SMILES string of the molecule is CCCCCCCC/C=C\CCCCCCCC(=O)OC(CCC)CCCC/C=C\CCCCCCCC. The fourth-order valence-corrected chi connectivity index (χ4v) is 5.08. The van der Waals surface area contributed by atoms with E-state index in [0.717, 1.165) is 44.9 Å². The zero-order valence-electron chi connectivity index (χ0n) is 26.3. The first-order valence-electron chi connectivity index (χ1n) is 17.2. The number of rotatable bonds is 30. The van der Waals surface area contributed by atoms with Crippen LogP contribution in [-0.4, -0.2) is 12.1 Å². The third-order valence-electron chi connectivity index (χ3n) is 7.59. The van der Waals surface area contributed by atoms with E-state index in [1.165, 1.54) is 122 Å². The summed E-state index contributed by atoms with van der Waals surface area (Å²) in [6.45, 7) is 6.74. The van der Waals surface area contributed by atoms with Crippen molar-refractivity contribution in [1.82, 2.24) is 0 Å². The molecule has 0 N–H and O–H groups in total. The van der Waals surface area contributed by atoms with E-state index in [0.29, 0.717) is 6.42 Å². The molecule has 0 spiro atoms. The molecule has 0 heterocycles. The predicted molar refractivity (Wildman–Crippen MR) is 170 cm³/mol. The van der Waals surface area contributed by atoms with Crippen LogP contribution < -0.4 is 0 Å². The Labute approximate surface area is 239 Å². The van der Waals surface area contributed by atoms with Crippen molar-refractivity contribution in [2.45, 2.75) is 200 Å². The van der Waals surface area contributed by atoms with Crippen molar-refractivity contribution in [3.05, 3.63) is 24.3 Å². The van der Waals surface area contributed by atoms with E-state index in [4.69, 9.17) is 4.74 Å². The summed E-state index contributed by atoms with van der Waals surface area (Å²) in [5.41, 5.74) is 0. The lowest BCUT2D eigenvalue weighted by molar-refractivity contribution is -0.150. The van der Waals surface area contributed by atoms with E-state index in [1.807, 2.05) is 0 Å². The van der Waals surface area contributed by atoms with Crippen LogP contribution in [0, 0.1) is 0 Å². The standard InChI is InChI=1S/C36H68O2/c1-4-7-9-11-13-15-17-19-20-21-23-25-27-29-31-34-36(37)38-35(32-6-3)33-30-28-26-24-22-18-16-14-12-10-8-5-2/h19-20,22,24,35H,4-18,21,23,25-34H2,1-3H3/b20-19-,24-22-. The molecule has 2 nitrogen and oxygen atoms in total. The minimum atomic E-state index is 0.0277. The van der Waals surface area contributed by atoms with Crippen LogP contribution >= 0.6 is 0 Å². The summed E-state index contributed by atoms with van der Waals surface area (Å²) < 4.78 is 5.84. The molecule has 0 aromatic heterocycles. The quantitative estimate of drug-likeness (QED) is 0.0522. The maximum atomic E-state index is 12.3. The molecule has 0 rings (SSSR count). The molecule has 0 aliphatic carbocycles. The molecule has 0 fully saturated rings. The van der Waals surface area contributed by atoms with Crippen LogP contribution in [0.5, 0.6) is 0 Å². The molecule has 0 amide bonds. The molecule has 0 aliphatic rings. The van der Waals surface area contributed by atoms with E-state index in [9.17, 15) is 4.79 Å². The number of hydrogen-bond acceptors (Lipinski definition) is 2. The van der Waals surface area contributed by atoms with E-state index < -0.39 is 0 Å². The highest BCUT2D eigenvalue weighted by molar-refractivity contribution is 5.69. The van der Waals surface area contributed by atoms with Gasteiger partial charge < -0.3 is 4.74 Å². The fraction of sp³-hybridized carbons (Fsp3) is 0.861. The second-order valence-corrected chi connectivity index (χ2v) is 11.5. The van der Waals surface area contributed by atoms with Crippen molar-refractivity contribution >= 4 is 5.97 Å². The first kappa shape index (κ1) is 37.0. The van der Waals surface area contributed by atoms with Gasteiger partial charge in [-0.05, 0) is 77.0 Å². The predicted octanol–water partition coefficient (Wildman–Crippen LogP) is 12.6. The zero-order valence-corrected chi connectivity index (χ0v) is 26.3. The summed E-state index contributed by atoms with van der Waals surface area (Å²) in [6, 6.07) is 0. The number of allylic oxidation sites excluding steroid dienone is 4. The fourth-order valence-electron chi connectivity index (χ4n) is 5.08. The first-order valence-corrected chi connectivity index (χ1v) is 17.2. The Kier molecular flexibility index (Phi) is 31.3. The van der Waals surface area contributed by atoms with Crippen molar-refractivity contribution in [2.75, 3.05) is 0 Å². The lowest BCUT2D eigenvalue weighted by atomic mass is 10.1. The van der Waals surface area contributed by atoms with Gasteiger partial charge in [0.05, 0.1) is 0 Å². The van der Waals surface area contributed by atoms with Crippen LogP contribution in [0.25, 0.3) is 0 Å². The lowest BCUT2D eigenvalue weighted by Crippen LogP contribution is -2.18. The van der Waals surface area contributed by atoms with E-state index in [-0.39, 0.29) is 12.1 Å². The van der Waals surface area contributed by atoms with Gasteiger partial charge in [-0.1, -0.05) is 135 Å². The average molecular weight is 533 g/mol. The number of esters is 1. The molecule has 224 valence electrons. The Morgan fingerprint density at radius 3 is 1.32 bits per heavy atom. The number of hydrogen-bond donors (Lipinski definition) is 0. The van der Waals surface area contributed by atoms with Gasteiger partial charge in [0.25, 0.3) is 0 Å². The van der Waals surface area contributed by atoms with Gasteiger partial charge in [-0.3, -0.25) is 4.79 Å². The summed E-state index contributed by atoms with van der Waals surface area (Å²) in [6.07, 6.45) is 43.0. The van der Waals surface area contributed by atoms with Gasteiger partial charge in [0.1, 0.15) is 6.10 Å². The molecule has 0 aliphatic heterocycles. The maximum absolute atomic E-state index is 12.3. The van der Waals surface area contributed by atoms with Crippen molar-refractivity contribution in [2.24, 2.45) is 0 Å². The topological polar surface area (TPSA) is 26.3 Å². The Morgan fingerprint density at radius 2 is 0.868 bits per heavy atom. The third kappa shape index (κ3) is 29.5. The summed E-state index contributed by atoms with van der Waals surface area (Å²) in [5, 5.41) is 0. The van der Waals surface area contributed by atoms with Gasteiger partial charge in [-0.2, -0.15) is 0 Å². The van der Waals surface area contributed by atoms with Crippen LogP contribution in [0.4, 0.5) is 0 Å². The highest BCUT2D eigenvalue weighted by Crippen LogP contribution is 2.16. The number of ether oxygens (including phenoxy) is 1. The molecule has 0 saturated carbocycles. The van der Waals surface area contributed by atoms with Gasteiger partial charge in [0, 0.05) is 6.42 Å². The van der Waals surface area contributed by atoms with Crippen molar-refractivity contribution < 1.29 is 9.53 Å². The second kappa shape index (κ2) is 32.2. The molecular formula is C36H68O2. The molecule has 1 atom stereocenters. The molecular weight excluding hydrogens is 464 g/mol. The highest BCUT2D eigenvalue weighted by atomic mass is 16.5. The molecule has 0 aromatic carbocycles. The molecule has 0 radical (unpaired) electrons. The number of unbranched alkanes of at least 4 members (excludes halogenated alkanes) is 19. The van der Waals surface area contributed by atoms with Crippen LogP contribution in [0.15, 0.2) is 24.3 Å². The Balaban J connectivity index is 3.62. The number of carbonyl (C=O) groups excluding carboxylic acids is 1. The van der Waals surface area contributed by atoms with Gasteiger partial charge in [0.15, 0.2) is 0 Å². The summed E-state index contributed by atoms with van der Waals surface area (Å²) >= 11 is 0. The summed E-state index contributed by atoms with van der Waals surface area (Å²) in [4.78, 5) is 12.3. The van der Waals surface area contributed by atoms with Gasteiger partial charge >= 0.3 is 5.97 Å². The van der Waals surface area contributed by atoms with Gasteiger partial charge in [-0.25, -0.2) is 0 Å². The van der Waals surface area contributed by atoms with Crippen molar-refractivity contribution in [3.63, 3.8) is 0 Å². The molecule has 0 saturated heterocycles. The minimum absolute atomic E-state index is 0.0277. The molecule has 0 bridgehead atoms. The smallest absolute Gasteiger partial charge is 0.306 e. The Morgan fingerprint density at radius 1 is 0.474 bits per heavy atom. The monoisotopic (exact) mass is 533 g/mol. The number of carbonyl (C=O) groups is 1. The largest absolute Gasteiger partial charge is 0.462 e. The normalized spacial score (nSPS) is 12.6. The molecule has 38 heavy (non-hydrogen) atoms. The molecule has 1 unspecified atom stereocenters. The van der Waals surface area contributed by atoms with Crippen LogP contribution in [0.2, 0.25) is 0 Å². The highest BCUT2D eigenvalue weighted by Gasteiger charge is 2.13. The summed E-state index contributed by atoms with van der Waals surface area (Å²) in [5.74, 6) is 0.0277. The van der Waals surface area contributed by atoms with Crippen molar-refractivity contribution in [1.29, 1.82) is 0 Å². The van der Waals surface area contributed by atoms with E-state index in [1.54, 1.807) is 0 Å². The second-order valence-electron chi connectivity index (χ2n) is 11.5. The average Bonchev–Trinajstić information content (AvgIpc) is 2.91. The van der Waals surface area contributed by atoms with Crippen LogP contribution in [0.3, 0.4) is 0 Å². The summed E-state index contributed by atoms with van der Waals surface area (Å²) in [7, 11) is 0. The van der Waals surface area contributed by atoms with Crippen molar-refractivity contribution in [3.8, 4) is 0 Å². The minimum Gasteiger partial charge on any atom is -0.462 e. The maximum Gasteiger partial charge on any atom is 0.306 e. The van der Waals surface area contributed by atoms with Gasteiger partial charge in [-0.15, -0.1) is 0 Å². The van der Waals surface area contributed by atoms with E-state index in [2.05, 4.69) is 45.1 Å². The Bertz CT molecular complexity index is 521. The first-order chi connectivity index (χ1) is 18.7. The lowest BCUT2D eigenvalue weighted by Gasteiger charge is -2.17. The Hall–Kier alpha value is -1.05. The van der Waals surface area contributed by atoms with Gasteiger partial charge in [0.2, 0.25) is 0 Å². The molecule has 0 aromatic rings. The van der Waals surface area contributed by atoms with E-state index >= 15 is 0 Å². The van der Waals surface area contributed by atoms with Crippen LogP contribution in [-0.2, 0) is 9.53 Å². The van der Waals surface area contributed by atoms with Crippen LogP contribution in [0.1, 0.15) is 194 Å².